The molecule has 1 amide bonds. The molecule has 38 heavy (non-hydrogen) atoms. The quantitative estimate of drug-likeness (QED) is 0.346. The van der Waals surface area contributed by atoms with Gasteiger partial charge in [0.25, 0.3) is 0 Å². The van der Waals surface area contributed by atoms with Gasteiger partial charge in [0.1, 0.15) is 22.8 Å². The first-order valence-electron chi connectivity index (χ1n) is 12.3. The molecule has 4 aromatic rings. The highest BCUT2D eigenvalue weighted by atomic mass is 32.2. The van der Waals surface area contributed by atoms with Crippen LogP contribution in [0.4, 0.5) is 5.82 Å². The molecule has 10 nitrogen and oxygen atoms in total. The van der Waals surface area contributed by atoms with Crippen LogP contribution in [0.25, 0.3) is 15.3 Å². The van der Waals surface area contributed by atoms with Crippen LogP contribution in [-0.4, -0.2) is 60.2 Å². The normalized spacial score (nSPS) is 16.4. The summed E-state index contributed by atoms with van der Waals surface area (Å²) in [4.78, 5) is 18.2. The lowest BCUT2D eigenvalue weighted by atomic mass is 9.99. The van der Waals surface area contributed by atoms with Gasteiger partial charge in [0.2, 0.25) is 21.1 Å². The van der Waals surface area contributed by atoms with E-state index in [2.05, 4.69) is 10.4 Å². The van der Waals surface area contributed by atoms with Crippen LogP contribution < -0.4 is 14.8 Å². The number of amides is 1. The van der Waals surface area contributed by atoms with Crippen molar-refractivity contribution in [3.63, 3.8) is 0 Å². The number of thiazole rings is 1. The molecular weight excluding hydrogens is 526 g/mol. The van der Waals surface area contributed by atoms with Gasteiger partial charge in [-0.05, 0) is 63.1 Å². The molecule has 0 saturated carbocycles. The number of nitrogens with zero attached hydrogens (tertiary/aromatic N) is 4. The van der Waals surface area contributed by atoms with E-state index in [4.69, 9.17) is 14.5 Å². The molecule has 200 valence electrons. The molecule has 1 N–H and O–H groups in total. The second-order valence-electron chi connectivity index (χ2n) is 8.98. The molecule has 1 fully saturated rings. The van der Waals surface area contributed by atoms with Crippen LogP contribution in [0.1, 0.15) is 25.5 Å². The second-order valence-corrected chi connectivity index (χ2v) is 11.9. The maximum Gasteiger partial charge on any atom is 0.243 e. The SMILES string of the molecule is CCOc1cccc2sc(-n3nc(C)cc3NC(=O)C3CCCN(S(=O)(=O)c4ccc(OC)cc4)C3)nc12. The van der Waals surface area contributed by atoms with Gasteiger partial charge in [-0.25, -0.2) is 13.4 Å². The molecule has 0 aliphatic carbocycles. The summed E-state index contributed by atoms with van der Waals surface area (Å²) in [6.45, 7) is 4.76. The van der Waals surface area contributed by atoms with Gasteiger partial charge in [0, 0.05) is 19.2 Å². The molecule has 2 aromatic carbocycles. The number of sulfonamides is 1. The topological polar surface area (TPSA) is 116 Å². The first-order chi connectivity index (χ1) is 18.3. The van der Waals surface area contributed by atoms with E-state index in [1.165, 1.54) is 34.9 Å². The van der Waals surface area contributed by atoms with E-state index in [1.807, 2.05) is 32.0 Å². The van der Waals surface area contributed by atoms with Gasteiger partial charge in [-0.1, -0.05) is 17.4 Å². The molecule has 0 spiro atoms. The molecule has 12 heteroatoms. The lowest BCUT2D eigenvalue weighted by Crippen LogP contribution is -2.43. The van der Waals surface area contributed by atoms with Crippen molar-refractivity contribution in [2.45, 2.75) is 31.6 Å². The number of hydrogen-bond acceptors (Lipinski definition) is 8. The van der Waals surface area contributed by atoms with E-state index in [0.717, 1.165) is 15.9 Å². The number of methoxy groups -OCH3 is 1. The number of aryl methyl sites for hydroxylation is 1. The summed E-state index contributed by atoms with van der Waals surface area (Å²) in [5, 5.41) is 8.12. The number of carbonyl (C=O) groups is 1. The molecule has 1 saturated heterocycles. The molecule has 5 rings (SSSR count). The van der Waals surface area contributed by atoms with E-state index in [1.54, 1.807) is 22.9 Å². The zero-order chi connectivity index (χ0) is 26.9. The van der Waals surface area contributed by atoms with Gasteiger partial charge in [0.05, 0.1) is 34.9 Å². The fourth-order valence-corrected chi connectivity index (χ4v) is 6.98. The Morgan fingerprint density at radius 2 is 2.00 bits per heavy atom. The highest BCUT2D eigenvalue weighted by molar-refractivity contribution is 7.89. The Morgan fingerprint density at radius 1 is 1.21 bits per heavy atom. The van der Waals surface area contributed by atoms with Gasteiger partial charge in [-0.2, -0.15) is 14.1 Å². The molecule has 3 heterocycles. The van der Waals surface area contributed by atoms with Crippen molar-refractivity contribution in [1.82, 2.24) is 19.1 Å². The van der Waals surface area contributed by atoms with Gasteiger partial charge < -0.3 is 14.8 Å². The number of fused-ring (bicyclic) bond motifs is 1. The van der Waals surface area contributed by atoms with Crippen molar-refractivity contribution < 1.29 is 22.7 Å². The fraction of sp³-hybridized carbons (Fsp3) is 0.346. The van der Waals surface area contributed by atoms with Gasteiger partial charge in [-0.15, -0.1) is 0 Å². The number of rotatable bonds is 8. The average Bonchev–Trinajstić information content (AvgIpc) is 3.52. The first kappa shape index (κ1) is 26.1. The van der Waals surface area contributed by atoms with Crippen molar-refractivity contribution in [3.05, 3.63) is 54.2 Å². The van der Waals surface area contributed by atoms with Crippen LogP contribution in [0, 0.1) is 12.8 Å². The highest BCUT2D eigenvalue weighted by Crippen LogP contribution is 2.33. The molecule has 0 radical (unpaired) electrons. The lowest BCUT2D eigenvalue weighted by Gasteiger charge is -2.31. The van der Waals surface area contributed by atoms with Crippen LogP contribution >= 0.6 is 11.3 Å². The summed E-state index contributed by atoms with van der Waals surface area (Å²) in [5.74, 6) is 1.01. The third-order valence-corrected chi connectivity index (χ3v) is 9.26. The van der Waals surface area contributed by atoms with E-state index >= 15 is 0 Å². The monoisotopic (exact) mass is 555 g/mol. The summed E-state index contributed by atoms with van der Waals surface area (Å²) >= 11 is 1.45. The molecule has 2 aromatic heterocycles. The fourth-order valence-electron chi connectivity index (χ4n) is 4.51. The van der Waals surface area contributed by atoms with Crippen molar-refractivity contribution in [2.24, 2.45) is 5.92 Å². The number of hydrogen-bond donors (Lipinski definition) is 1. The average molecular weight is 556 g/mol. The summed E-state index contributed by atoms with van der Waals surface area (Å²) in [7, 11) is -2.21. The Bertz CT molecular complexity index is 1560. The Balaban J connectivity index is 1.35. The van der Waals surface area contributed by atoms with Crippen molar-refractivity contribution in [2.75, 3.05) is 32.1 Å². The van der Waals surface area contributed by atoms with Crippen LogP contribution in [0.2, 0.25) is 0 Å². The third-order valence-electron chi connectivity index (χ3n) is 6.39. The minimum absolute atomic E-state index is 0.103. The smallest absolute Gasteiger partial charge is 0.243 e. The number of benzene rings is 2. The number of ether oxygens (including phenoxy) is 2. The zero-order valence-corrected chi connectivity index (χ0v) is 23.0. The molecule has 1 aliphatic rings. The summed E-state index contributed by atoms with van der Waals surface area (Å²) in [5.41, 5.74) is 1.46. The number of aromatic nitrogens is 3. The standard InChI is InChI=1S/C26H29N5O5S2/c1-4-36-21-8-5-9-22-24(21)28-26(37-22)31-23(15-17(2)29-31)27-25(32)18-7-6-14-30(16-18)38(33,34)20-12-10-19(35-3)11-13-20/h5,8-13,15,18H,4,6-7,14,16H2,1-3H3,(H,27,32). The Kier molecular flexibility index (Phi) is 7.37. The Morgan fingerprint density at radius 3 is 2.74 bits per heavy atom. The Hall–Kier alpha value is -3.48. The van der Waals surface area contributed by atoms with Crippen molar-refractivity contribution >= 4 is 43.3 Å². The molecular formula is C26H29N5O5S2. The molecule has 0 bridgehead atoms. The van der Waals surface area contributed by atoms with Crippen LogP contribution in [0.15, 0.2) is 53.4 Å². The number of anilines is 1. The zero-order valence-electron chi connectivity index (χ0n) is 21.4. The largest absolute Gasteiger partial charge is 0.497 e. The van der Waals surface area contributed by atoms with E-state index < -0.39 is 15.9 Å². The summed E-state index contributed by atoms with van der Waals surface area (Å²) in [6, 6.07) is 13.8. The lowest BCUT2D eigenvalue weighted by molar-refractivity contribution is -0.120. The maximum absolute atomic E-state index is 13.3. The predicted molar refractivity (Wildman–Crippen MR) is 146 cm³/mol. The maximum atomic E-state index is 13.3. The molecule has 1 atom stereocenters. The Labute approximate surface area is 225 Å². The second kappa shape index (κ2) is 10.7. The van der Waals surface area contributed by atoms with Crippen molar-refractivity contribution in [3.8, 4) is 16.6 Å². The minimum Gasteiger partial charge on any atom is -0.497 e. The van der Waals surface area contributed by atoms with Crippen LogP contribution in [0.3, 0.4) is 0 Å². The minimum atomic E-state index is -3.74. The number of carbonyl (C=O) groups excluding carboxylic acids is 1. The van der Waals surface area contributed by atoms with Gasteiger partial charge >= 0.3 is 0 Å². The molecule has 1 unspecified atom stereocenters. The molecule has 1 aliphatic heterocycles. The van der Waals surface area contributed by atoms with E-state index in [9.17, 15) is 13.2 Å². The first-order valence-corrected chi connectivity index (χ1v) is 14.6. The van der Waals surface area contributed by atoms with Crippen LogP contribution in [0.5, 0.6) is 11.5 Å². The number of para-hydroxylation sites is 1. The number of piperidine rings is 1. The van der Waals surface area contributed by atoms with Crippen LogP contribution in [-0.2, 0) is 14.8 Å². The van der Waals surface area contributed by atoms with Crippen molar-refractivity contribution in [1.29, 1.82) is 0 Å². The van der Waals surface area contributed by atoms with Gasteiger partial charge in [-0.3, -0.25) is 4.79 Å². The summed E-state index contributed by atoms with van der Waals surface area (Å²) in [6.07, 6.45) is 1.18. The number of nitrogens with one attached hydrogen (secondary N) is 1. The van der Waals surface area contributed by atoms with E-state index in [-0.39, 0.29) is 17.3 Å². The van der Waals surface area contributed by atoms with E-state index in [0.29, 0.717) is 48.4 Å². The highest BCUT2D eigenvalue weighted by Gasteiger charge is 2.34. The predicted octanol–water partition coefficient (Wildman–Crippen LogP) is 4.24. The summed E-state index contributed by atoms with van der Waals surface area (Å²) < 4.78 is 41.3. The van der Waals surface area contributed by atoms with Gasteiger partial charge in [0.15, 0.2) is 0 Å². The third kappa shape index (κ3) is 5.11.